The van der Waals surface area contributed by atoms with Crippen LogP contribution in [0.25, 0.3) is 0 Å². The van der Waals surface area contributed by atoms with Crippen molar-refractivity contribution in [2.24, 2.45) is 0 Å². The molecule has 4 rings (SSSR count). The third kappa shape index (κ3) is 6.11. The number of amides is 2. The molecular formula is C24H23N5O3S. The molecule has 0 bridgehead atoms. The molecule has 2 amide bonds. The summed E-state index contributed by atoms with van der Waals surface area (Å²) in [5, 5.41) is 14.7. The lowest BCUT2D eigenvalue weighted by atomic mass is 10.2. The van der Waals surface area contributed by atoms with Crippen molar-refractivity contribution in [3.63, 3.8) is 0 Å². The average molecular weight is 462 g/mol. The molecule has 2 heterocycles. The van der Waals surface area contributed by atoms with E-state index in [1.807, 2.05) is 54.0 Å². The van der Waals surface area contributed by atoms with Crippen molar-refractivity contribution >= 4 is 29.3 Å². The predicted molar refractivity (Wildman–Crippen MR) is 126 cm³/mol. The minimum Gasteiger partial charge on any atom is -0.459 e. The lowest BCUT2D eigenvalue weighted by Gasteiger charge is -2.09. The number of benzene rings is 2. The molecule has 0 atom stereocenters. The molecule has 2 N–H and O–H groups in total. The number of anilines is 1. The molecule has 4 aromatic rings. The molecule has 0 unspecified atom stereocenters. The number of aryl methyl sites for hydroxylation is 1. The van der Waals surface area contributed by atoms with Crippen molar-refractivity contribution in [2.45, 2.75) is 25.2 Å². The smallest absolute Gasteiger partial charge is 0.291 e. The molecule has 0 spiro atoms. The molecule has 0 radical (unpaired) electrons. The lowest BCUT2D eigenvalue weighted by Crippen LogP contribution is -2.24. The fourth-order valence-electron chi connectivity index (χ4n) is 3.10. The Bertz CT molecular complexity index is 1200. The second-order valence-corrected chi connectivity index (χ2v) is 8.24. The summed E-state index contributed by atoms with van der Waals surface area (Å²) in [4.78, 5) is 24.4. The van der Waals surface area contributed by atoms with Crippen LogP contribution < -0.4 is 10.6 Å². The van der Waals surface area contributed by atoms with Crippen molar-refractivity contribution in [1.29, 1.82) is 0 Å². The molecule has 2 aromatic carbocycles. The van der Waals surface area contributed by atoms with E-state index < -0.39 is 0 Å². The number of thioether (sulfide) groups is 1. The molecular weight excluding hydrogens is 438 g/mol. The SMILES string of the molecule is Cc1nnc(SCC(=O)NCc2ccc(NC(=O)c3ccco3)cc2)n1Cc1ccccc1. The Kier molecular flexibility index (Phi) is 7.21. The van der Waals surface area contributed by atoms with E-state index in [0.29, 0.717) is 23.9 Å². The number of hydrogen-bond donors (Lipinski definition) is 2. The van der Waals surface area contributed by atoms with Gasteiger partial charge in [0.15, 0.2) is 10.9 Å². The summed E-state index contributed by atoms with van der Waals surface area (Å²) in [5.74, 6) is 0.889. The van der Waals surface area contributed by atoms with E-state index in [-0.39, 0.29) is 23.3 Å². The number of carbonyl (C=O) groups excluding carboxylic acids is 2. The second-order valence-electron chi connectivity index (χ2n) is 7.30. The quantitative estimate of drug-likeness (QED) is 0.367. The Morgan fingerprint density at radius 2 is 1.76 bits per heavy atom. The number of hydrogen-bond acceptors (Lipinski definition) is 6. The third-order valence-corrected chi connectivity index (χ3v) is 5.83. The van der Waals surface area contributed by atoms with Crippen molar-refractivity contribution in [2.75, 3.05) is 11.1 Å². The van der Waals surface area contributed by atoms with Gasteiger partial charge in [-0.1, -0.05) is 54.2 Å². The maximum atomic E-state index is 12.4. The van der Waals surface area contributed by atoms with E-state index in [1.165, 1.54) is 18.0 Å². The summed E-state index contributed by atoms with van der Waals surface area (Å²) in [6.45, 7) is 2.95. The normalized spacial score (nSPS) is 10.7. The van der Waals surface area contributed by atoms with Gasteiger partial charge in [-0.2, -0.15) is 0 Å². The van der Waals surface area contributed by atoms with Gasteiger partial charge in [-0.05, 0) is 42.3 Å². The Labute approximate surface area is 195 Å². The predicted octanol–water partition coefficient (Wildman–Crippen LogP) is 3.89. The first-order valence-corrected chi connectivity index (χ1v) is 11.3. The van der Waals surface area contributed by atoms with Crippen LogP contribution in [-0.2, 0) is 17.9 Å². The standard InChI is InChI=1S/C24H23N5O3S/c1-17-27-28-24(29(17)15-19-6-3-2-4-7-19)33-16-22(30)25-14-18-9-11-20(12-10-18)26-23(31)21-8-5-13-32-21/h2-13H,14-16H2,1H3,(H,25,30)(H,26,31). The minimum atomic E-state index is -0.312. The van der Waals surface area contributed by atoms with Gasteiger partial charge < -0.3 is 19.6 Å². The lowest BCUT2D eigenvalue weighted by molar-refractivity contribution is -0.118. The Morgan fingerprint density at radius 1 is 0.970 bits per heavy atom. The molecule has 2 aromatic heterocycles. The molecule has 0 aliphatic carbocycles. The van der Waals surface area contributed by atoms with Gasteiger partial charge in [-0.25, -0.2) is 0 Å². The zero-order valence-corrected chi connectivity index (χ0v) is 18.8. The molecule has 168 valence electrons. The van der Waals surface area contributed by atoms with Gasteiger partial charge >= 0.3 is 0 Å². The van der Waals surface area contributed by atoms with Crippen LogP contribution in [0.15, 0.2) is 82.6 Å². The van der Waals surface area contributed by atoms with Crippen LogP contribution in [0, 0.1) is 6.92 Å². The van der Waals surface area contributed by atoms with Crippen molar-refractivity contribution in [3.8, 4) is 0 Å². The van der Waals surface area contributed by atoms with E-state index in [0.717, 1.165) is 17.0 Å². The molecule has 0 saturated carbocycles. The first kappa shape index (κ1) is 22.3. The van der Waals surface area contributed by atoms with Crippen LogP contribution in [0.1, 0.15) is 27.5 Å². The summed E-state index contributed by atoms with van der Waals surface area (Å²) in [6.07, 6.45) is 1.45. The number of carbonyl (C=O) groups is 2. The number of nitrogens with one attached hydrogen (secondary N) is 2. The van der Waals surface area contributed by atoms with E-state index in [9.17, 15) is 9.59 Å². The maximum Gasteiger partial charge on any atom is 0.291 e. The van der Waals surface area contributed by atoms with Crippen LogP contribution >= 0.6 is 11.8 Å². The van der Waals surface area contributed by atoms with Crippen LogP contribution in [0.3, 0.4) is 0 Å². The first-order valence-electron chi connectivity index (χ1n) is 10.4. The molecule has 0 aliphatic rings. The number of nitrogens with zero attached hydrogens (tertiary/aromatic N) is 3. The average Bonchev–Trinajstić information content (AvgIpc) is 3.49. The van der Waals surface area contributed by atoms with Gasteiger partial charge in [0, 0.05) is 12.2 Å². The number of rotatable bonds is 9. The highest BCUT2D eigenvalue weighted by atomic mass is 32.2. The molecule has 0 fully saturated rings. The van der Waals surface area contributed by atoms with Gasteiger partial charge in [-0.15, -0.1) is 10.2 Å². The van der Waals surface area contributed by atoms with Gasteiger partial charge in [0.25, 0.3) is 5.91 Å². The Balaban J connectivity index is 1.25. The topological polar surface area (TPSA) is 102 Å². The van der Waals surface area contributed by atoms with E-state index >= 15 is 0 Å². The van der Waals surface area contributed by atoms with Crippen LogP contribution in [0.5, 0.6) is 0 Å². The van der Waals surface area contributed by atoms with E-state index in [2.05, 4.69) is 20.8 Å². The number of aromatic nitrogens is 3. The largest absolute Gasteiger partial charge is 0.459 e. The first-order chi connectivity index (χ1) is 16.1. The minimum absolute atomic E-state index is 0.0953. The van der Waals surface area contributed by atoms with E-state index in [4.69, 9.17) is 4.42 Å². The van der Waals surface area contributed by atoms with Gasteiger partial charge in [0.05, 0.1) is 18.6 Å². The highest BCUT2D eigenvalue weighted by Crippen LogP contribution is 2.18. The fourth-order valence-corrected chi connectivity index (χ4v) is 3.92. The van der Waals surface area contributed by atoms with Gasteiger partial charge in [0.1, 0.15) is 5.82 Å². The third-order valence-electron chi connectivity index (χ3n) is 4.86. The molecule has 33 heavy (non-hydrogen) atoms. The van der Waals surface area contributed by atoms with Crippen molar-refractivity contribution in [1.82, 2.24) is 20.1 Å². The summed E-state index contributed by atoms with van der Waals surface area (Å²) in [6, 6.07) is 20.6. The maximum absolute atomic E-state index is 12.4. The Morgan fingerprint density at radius 3 is 2.48 bits per heavy atom. The van der Waals surface area contributed by atoms with Crippen LogP contribution in [0.4, 0.5) is 5.69 Å². The van der Waals surface area contributed by atoms with Crippen molar-refractivity contribution < 1.29 is 14.0 Å². The van der Waals surface area contributed by atoms with Crippen molar-refractivity contribution in [3.05, 3.63) is 95.7 Å². The highest BCUT2D eigenvalue weighted by Gasteiger charge is 2.12. The molecule has 8 nitrogen and oxygen atoms in total. The number of furan rings is 1. The van der Waals surface area contributed by atoms with Crippen LogP contribution in [0.2, 0.25) is 0 Å². The highest BCUT2D eigenvalue weighted by molar-refractivity contribution is 7.99. The zero-order valence-electron chi connectivity index (χ0n) is 18.0. The van der Waals surface area contributed by atoms with Crippen LogP contribution in [-0.4, -0.2) is 32.3 Å². The summed E-state index contributed by atoms with van der Waals surface area (Å²) in [5.41, 5.74) is 2.72. The summed E-state index contributed by atoms with van der Waals surface area (Å²) >= 11 is 1.36. The fraction of sp³-hybridized carbons (Fsp3) is 0.167. The van der Waals surface area contributed by atoms with Gasteiger partial charge in [-0.3, -0.25) is 9.59 Å². The summed E-state index contributed by atoms with van der Waals surface area (Å²) < 4.78 is 7.08. The second kappa shape index (κ2) is 10.6. The summed E-state index contributed by atoms with van der Waals surface area (Å²) in [7, 11) is 0. The van der Waals surface area contributed by atoms with Gasteiger partial charge in [0.2, 0.25) is 5.91 Å². The molecule has 0 aliphatic heterocycles. The van der Waals surface area contributed by atoms with E-state index in [1.54, 1.807) is 24.3 Å². The molecule has 9 heteroatoms. The zero-order chi connectivity index (χ0) is 23.0. The molecule has 0 saturated heterocycles. The monoisotopic (exact) mass is 461 g/mol. The Hall–Kier alpha value is -3.85.